The standard InChI is InChI=1S/C20H25ClFN3O4/c1-10-4-18(29-25-10)20(27)24-17-8-16(11-5-12(17)6-11)23-19(26)9-28-13-2-3-14(21)15(22)7-13/h2-3,7,10-12,16-18,25H,4-6,8-9H2,1H3,(H,23,26)(H,24,27). The van der Waals surface area contributed by atoms with Gasteiger partial charge in [0.25, 0.3) is 11.8 Å². The Hall–Kier alpha value is -1.90. The second kappa shape index (κ2) is 8.45. The Bertz CT molecular complexity index is 789. The molecule has 3 N–H and O–H groups in total. The van der Waals surface area contributed by atoms with Crippen molar-refractivity contribution < 1.29 is 23.6 Å². The molecule has 2 bridgehead atoms. The highest BCUT2D eigenvalue weighted by atomic mass is 35.5. The van der Waals surface area contributed by atoms with Crippen LogP contribution in [0.1, 0.15) is 32.6 Å². The second-order valence-electron chi connectivity index (χ2n) is 8.24. The molecule has 1 saturated heterocycles. The van der Waals surface area contributed by atoms with Crippen LogP contribution in [0, 0.1) is 17.7 Å². The number of hydrogen-bond donors (Lipinski definition) is 3. The van der Waals surface area contributed by atoms with E-state index in [2.05, 4.69) is 16.1 Å². The summed E-state index contributed by atoms with van der Waals surface area (Å²) in [6.45, 7) is 1.76. The van der Waals surface area contributed by atoms with Crippen LogP contribution in [-0.2, 0) is 14.4 Å². The Balaban J connectivity index is 1.26. The van der Waals surface area contributed by atoms with Crippen LogP contribution in [0.15, 0.2) is 18.2 Å². The quantitative estimate of drug-likeness (QED) is 0.648. The van der Waals surface area contributed by atoms with Crippen molar-refractivity contribution in [2.75, 3.05) is 6.61 Å². The fourth-order valence-electron chi connectivity index (χ4n) is 4.39. The first-order valence-corrected chi connectivity index (χ1v) is 10.4. The van der Waals surface area contributed by atoms with Crippen molar-refractivity contribution in [3.63, 3.8) is 0 Å². The van der Waals surface area contributed by atoms with Gasteiger partial charge in [0.1, 0.15) is 11.6 Å². The zero-order chi connectivity index (χ0) is 20.5. The third-order valence-electron chi connectivity index (χ3n) is 6.06. The van der Waals surface area contributed by atoms with Crippen LogP contribution in [0.25, 0.3) is 0 Å². The summed E-state index contributed by atoms with van der Waals surface area (Å²) in [5.74, 6) is 0.172. The largest absolute Gasteiger partial charge is 0.484 e. The topological polar surface area (TPSA) is 88.7 Å². The number of hydroxylamine groups is 1. The summed E-state index contributed by atoms with van der Waals surface area (Å²) < 4.78 is 18.8. The molecule has 3 aliphatic carbocycles. The van der Waals surface area contributed by atoms with Gasteiger partial charge in [0.2, 0.25) is 0 Å². The lowest BCUT2D eigenvalue weighted by atomic mass is 9.60. The van der Waals surface area contributed by atoms with E-state index in [-0.39, 0.29) is 47.3 Å². The highest BCUT2D eigenvalue weighted by Gasteiger charge is 2.47. The highest BCUT2D eigenvalue weighted by molar-refractivity contribution is 6.30. The molecule has 4 unspecified atom stereocenters. The molecule has 3 saturated carbocycles. The minimum atomic E-state index is -0.591. The van der Waals surface area contributed by atoms with Gasteiger partial charge in [0.15, 0.2) is 12.7 Å². The summed E-state index contributed by atoms with van der Waals surface area (Å²) in [6.07, 6.45) is 2.84. The van der Waals surface area contributed by atoms with Crippen LogP contribution < -0.4 is 20.9 Å². The summed E-state index contributed by atoms with van der Waals surface area (Å²) in [5, 5.41) is 6.11. The molecule has 4 atom stereocenters. The Morgan fingerprint density at radius 1 is 1.21 bits per heavy atom. The van der Waals surface area contributed by atoms with Gasteiger partial charge in [-0.15, -0.1) is 0 Å². The van der Waals surface area contributed by atoms with Crippen molar-refractivity contribution in [1.82, 2.24) is 16.1 Å². The van der Waals surface area contributed by atoms with Crippen molar-refractivity contribution in [1.29, 1.82) is 0 Å². The Kier molecular flexibility index (Phi) is 5.94. The number of nitrogens with one attached hydrogen (secondary N) is 3. The van der Waals surface area contributed by atoms with E-state index in [0.29, 0.717) is 24.7 Å². The van der Waals surface area contributed by atoms with Crippen LogP contribution in [0.4, 0.5) is 4.39 Å². The number of carbonyl (C=O) groups excluding carboxylic acids is 2. The number of benzene rings is 1. The average Bonchev–Trinajstić information content (AvgIpc) is 3.08. The van der Waals surface area contributed by atoms with E-state index in [9.17, 15) is 14.0 Å². The van der Waals surface area contributed by atoms with Crippen LogP contribution >= 0.6 is 11.6 Å². The van der Waals surface area contributed by atoms with Gasteiger partial charge in [-0.1, -0.05) is 11.6 Å². The molecule has 158 valence electrons. The van der Waals surface area contributed by atoms with Gasteiger partial charge in [-0.25, -0.2) is 4.39 Å². The first kappa shape index (κ1) is 20.4. The molecule has 1 aromatic rings. The number of ether oxygens (including phenoxy) is 1. The lowest BCUT2D eigenvalue weighted by molar-refractivity contribution is -0.135. The van der Waals surface area contributed by atoms with Crippen LogP contribution in [0.2, 0.25) is 5.02 Å². The van der Waals surface area contributed by atoms with E-state index in [1.54, 1.807) is 0 Å². The van der Waals surface area contributed by atoms with E-state index in [4.69, 9.17) is 21.2 Å². The van der Waals surface area contributed by atoms with E-state index in [0.717, 1.165) is 18.9 Å². The summed E-state index contributed by atoms with van der Waals surface area (Å²) in [4.78, 5) is 30.1. The maximum absolute atomic E-state index is 13.5. The third kappa shape index (κ3) is 4.65. The van der Waals surface area contributed by atoms with Crippen molar-refractivity contribution in [3.8, 4) is 5.75 Å². The van der Waals surface area contributed by atoms with Crippen LogP contribution in [0.5, 0.6) is 5.75 Å². The summed E-state index contributed by atoms with van der Waals surface area (Å²) in [5.41, 5.74) is 2.82. The fourth-order valence-corrected chi connectivity index (χ4v) is 4.51. The van der Waals surface area contributed by atoms with E-state index in [1.165, 1.54) is 12.1 Å². The molecule has 5 rings (SSSR count). The number of amides is 2. The second-order valence-corrected chi connectivity index (χ2v) is 8.65. The van der Waals surface area contributed by atoms with Gasteiger partial charge in [0.05, 0.1) is 5.02 Å². The number of carbonyl (C=O) groups is 2. The maximum Gasteiger partial charge on any atom is 0.258 e. The molecule has 9 heteroatoms. The summed E-state index contributed by atoms with van der Waals surface area (Å²) in [7, 11) is 0. The van der Waals surface area contributed by atoms with Crippen LogP contribution in [-0.4, -0.2) is 42.7 Å². The van der Waals surface area contributed by atoms with Crippen molar-refractivity contribution in [2.45, 2.75) is 56.8 Å². The van der Waals surface area contributed by atoms with E-state index in [1.807, 2.05) is 6.92 Å². The van der Waals surface area contributed by atoms with E-state index >= 15 is 0 Å². The molecule has 1 aromatic carbocycles. The van der Waals surface area contributed by atoms with E-state index < -0.39 is 11.9 Å². The first-order valence-electron chi connectivity index (χ1n) is 9.98. The molecule has 4 aliphatic rings. The molecule has 1 heterocycles. The van der Waals surface area contributed by atoms with Gasteiger partial charge in [0, 0.05) is 30.6 Å². The van der Waals surface area contributed by atoms with Crippen molar-refractivity contribution in [3.05, 3.63) is 29.0 Å². The zero-order valence-corrected chi connectivity index (χ0v) is 16.9. The zero-order valence-electron chi connectivity index (χ0n) is 16.1. The lowest BCUT2D eigenvalue weighted by Crippen LogP contribution is -2.60. The lowest BCUT2D eigenvalue weighted by Gasteiger charge is -2.51. The number of rotatable bonds is 6. The molecule has 2 amide bonds. The molecule has 29 heavy (non-hydrogen) atoms. The molecule has 1 aliphatic heterocycles. The van der Waals surface area contributed by atoms with Gasteiger partial charge in [-0.2, -0.15) is 5.48 Å². The molecule has 0 spiro atoms. The molecule has 0 aromatic heterocycles. The molecule has 0 radical (unpaired) electrons. The molecular formula is C20H25ClFN3O4. The molecule has 4 fully saturated rings. The normalized spacial score (nSPS) is 32.9. The molecule has 7 nitrogen and oxygen atoms in total. The van der Waals surface area contributed by atoms with Crippen molar-refractivity contribution >= 4 is 23.4 Å². The first-order chi connectivity index (χ1) is 13.9. The monoisotopic (exact) mass is 425 g/mol. The van der Waals surface area contributed by atoms with Crippen molar-refractivity contribution in [2.24, 2.45) is 11.8 Å². The summed E-state index contributed by atoms with van der Waals surface area (Å²) in [6, 6.07) is 4.23. The smallest absolute Gasteiger partial charge is 0.258 e. The highest BCUT2D eigenvalue weighted by Crippen LogP contribution is 2.45. The average molecular weight is 426 g/mol. The van der Waals surface area contributed by atoms with Crippen LogP contribution in [0.3, 0.4) is 0 Å². The number of fused-ring (bicyclic) bond motifs is 2. The fraction of sp³-hybridized carbons (Fsp3) is 0.600. The third-order valence-corrected chi connectivity index (χ3v) is 6.37. The van der Waals surface area contributed by atoms with Gasteiger partial charge >= 0.3 is 0 Å². The Labute approximate surface area is 173 Å². The van der Waals surface area contributed by atoms with Gasteiger partial charge < -0.3 is 15.4 Å². The Morgan fingerprint density at radius 2 is 1.93 bits per heavy atom. The number of hydrogen-bond acceptors (Lipinski definition) is 5. The SMILES string of the molecule is CC1CC(C(=O)NC2CC(NC(=O)COc3ccc(Cl)c(F)c3)C3CC2C3)ON1. The predicted octanol–water partition coefficient (Wildman–Crippen LogP) is 1.94. The van der Waals surface area contributed by atoms with Gasteiger partial charge in [-0.05, 0) is 50.2 Å². The summed E-state index contributed by atoms with van der Waals surface area (Å²) >= 11 is 5.64. The minimum Gasteiger partial charge on any atom is -0.484 e. The Morgan fingerprint density at radius 3 is 2.59 bits per heavy atom. The minimum absolute atomic E-state index is 0.00452. The maximum atomic E-state index is 13.5. The van der Waals surface area contributed by atoms with Gasteiger partial charge in [-0.3, -0.25) is 14.4 Å². The number of halogens is 2. The predicted molar refractivity (Wildman–Crippen MR) is 104 cm³/mol. The molecular weight excluding hydrogens is 401 g/mol.